The Labute approximate surface area is 126 Å². The minimum Gasteiger partial charge on any atom is -0.478 e. The number of urea groups is 1. The van der Waals surface area contributed by atoms with Gasteiger partial charge in [0.15, 0.2) is 0 Å². The number of aryl methyl sites for hydroxylation is 1. The van der Waals surface area contributed by atoms with Crippen molar-refractivity contribution in [1.29, 1.82) is 0 Å². The van der Waals surface area contributed by atoms with E-state index in [-0.39, 0.29) is 5.56 Å². The minimum absolute atomic E-state index is 0.110. The fourth-order valence-corrected chi connectivity index (χ4v) is 1.93. The second-order valence-electron chi connectivity index (χ2n) is 4.42. The van der Waals surface area contributed by atoms with Gasteiger partial charge in [0.1, 0.15) is 0 Å². The zero-order valence-corrected chi connectivity index (χ0v) is 11.9. The lowest BCUT2D eigenvalue weighted by atomic mass is 10.1. The number of benzene rings is 2. The highest BCUT2D eigenvalue weighted by atomic mass is 35.5. The van der Waals surface area contributed by atoms with E-state index in [0.717, 1.165) is 5.56 Å². The SMILES string of the molecule is Cc1ccc(C(=O)O)cc1NC(=O)Nc1cccc(Cl)c1. The first-order chi connectivity index (χ1) is 9.95. The molecule has 0 radical (unpaired) electrons. The molecule has 21 heavy (non-hydrogen) atoms. The van der Waals surface area contributed by atoms with Crippen molar-refractivity contribution in [1.82, 2.24) is 0 Å². The van der Waals surface area contributed by atoms with Crippen molar-refractivity contribution in [3.63, 3.8) is 0 Å². The first kappa shape index (κ1) is 14.9. The number of amides is 2. The predicted octanol–water partition coefficient (Wildman–Crippen LogP) is 3.99. The molecular weight excluding hydrogens is 292 g/mol. The number of carboxylic acids is 1. The van der Waals surface area contributed by atoms with Gasteiger partial charge in [0.25, 0.3) is 0 Å². The molecule has 0 heterocycles. The number of nitrogens with one attached hydrogen (secondary N) is 2. The fourth-order valence-electron chi connectivity index (χ4n) is 1.74. The molecule has 0 aliphatic carbocycles. The zero-order valence-electron chi connectivity index (χ0n) is 11.2. The van der Waals surface area contributed by atoms with E-state index < -0.39 is 12.0 Å². The van der Waals surface area contributed by atoms with Crippen molar-refractivity contribution in [2.24, 2.45) is 0 Å². The van der Waals surface area contributed by atoms with Crippen molar-refractivity contribution < 1.29 is 14.7 Å². The summed E-state index contributed by atoms with van der Waals surface area (Å²) in [6.07, 6.45) is 0. The van der Waals surface area contributed by atoms with E-state index in [1.54, 1.807) is 37.3 Å². The van der Waals surface area contributed by atoms with Gasteiger partial charge in [-0.15, -0.1) is 0 Å². The van der Waals surface area contributed by atoms with Gasteiger partial charge in [0.05, 0.1) is 5.56 Å². The molecule has 108 valence electrons. The van der Waals surface area contributed by atoms with Gasteiger partial charge in [-0.1, -0.05) is 23.7 Å². The number of halogens is 1. The smallest absolute Gasteiger partial charge is 0.335 e. The Bertz CT molecular complexity index is 701. The monoisotopic (exact) mass is 304 g/mol. The van der Waals surface area contributed by atoms with Gasteiger partial charge in [0, 0.05) is 16.4 Å². The molecule has 2 aromatic carbocycles. The summed E-state index contributed by atoms with van der Waals surface area (Å²) in [6, 6.07) is 10.8. The van der Waals surface area contributed by atoms with E-state index in [1.807, 2.05) is 0 Å². The molecule has 0 spiro atoms. The van der Waals surface area contributed by atoms with Gasteiger partial charge < -0.3 is 15.7 Å². The lowest BCUT2D eigenvalue weighted by Gasteiger charge is -2.11. The van der Waals surface area contributed by atoms with Crippen LogP contribution in [0.5, 0.6) is 0 Å². The average Bonchev–Trinajstić information content (AvgIpc) is 2.41. The first-order valence-electron chi connectivity index (χ1n) is 6.13. The molecule has 0 aliphatic heterocycles. The summed E-state index contributed by atoms with van der Waals surface area (Å²) < 4.78 is 0. The van der Waals surface area contributed by atoms with Crippen LogP contribution in [0.2, 0.25) is 5.02 Å². The standard InChI is InChI=1S/C15H13ClN2O3/c1-9-5-6-10(14(19)20)7-13(9)18-15(21)17-12-4-2-3-11(16)8-12/h2-8H,1H3,(H,19,20)(H2,17,18,21). The summed E-state index contributed by atoms with van der Waals surface area (Å²) in [7, 11) is 0. The van der Waals surface area contributed by atoms with Crippen LogP contribution in [-0.2, 0) is 0 Å². The van der Waals surface area contributed by atoms with Crippen molar-refractivity contribution >= 4 is 35.0 Å². The number of hydrogen-bond acceptors (Lipinski definition) is 2. The van der Waals surface area contributed by atoms with Gasteiger partial charge in [-0.25, -0.2) is 9.59 Å². The molecule has 0 saturated carbocycles. The Hall–Kier alpha value is -2.53. The first-order valence-corrected chi connectivity index (χ1v) is 6.51. The topological polar surface area (TPSA) is 78.4 Å². The van der Waals surface area contributed by atoms with Crippen LogP contribution in [0.25, 0.3) is 0 Å². The van der Waals surface area contributed by atoms with E-state index in [0.29, 0.717) is 16.4 Å². The largest absolute Gasteiger partial charge is 0.478 e. The van der Waals surface area contributed by atoms with E-state index in [2.05, 4.69) is 10.6 Å². The third-order valence-electron chi connectivity index (χ3n) is 2.82. The van der Waals surface area contributed by atoms with Crippen LogP contribution >= 0.6 is 11.6 Å². The maximum absolute atomic E-state index is 11.9. The predicted molar refractivity (Wildman–Crippen MR) is 82.2 cm³/mol. The molecule has 0 saturated heterocycles. The van der Waals surface area contributed by atoms with Crippen LogP contribution in [0, 0.1) is 6.92 Å². The number of rotatable bonds is 3. The van der Waals surface area contributed by atoms with E-state index in [4.69, 9.17) is 16.7 Å². The quantitative estimate of drug-likeness (QED) is 0.802. The maximum Gasteiger partial charge on any atom is 0.335 e. The Balaban J connectivity index is 2.12. The van der Waals surface area contributed by atoms with Crippen LogP contribution < -0.4 is 10.6 Å². The summed E-state index contributed by atoms with van der Waals surface area (Å²) in [5.41, 5.74) is 1.86. The molecule has 2 aromatic rings. The molecule has 3 N–H and O–H groups in total. The van der Waals surface area contributed by atoms with Crippen LogP contribution in [-0.4, -0.2) is 17.1 Å². The molecule has 2 amide bonds. The lowest BCUT2D eigenvalue weighted by Crippen LogP contribution is -2.20. The van der Waals surface area contributed by atoms with Crippen LogP contribution in [0.1, 0.15) is 15.9 Å². The number of hydrogen-bond donors (Lipinski definition) is 3. The lowest BCUT2D eigenvalue weighted by molar-refractivity contribution is 0.0697. The Morgan fingerprint density at radius 2 is 1.86 bits per heavy atom. The molecule has 2 rings (SSSR count). The normalized spacial score (nSPS) is 10.0. The highest BCUT2D eigenvalue weighted by Gasteiger charge is 2.09. The van der Waals surface area contributed by atoms with Gasteiger partial charge in [-0.3, -0.25) is 0 Å². The van der Waals surface area contributed by atoms with Crippen LogP contribution in [0.3, 0.4) is 0 Å². The molecule has 6 heteroatoms. The van der Waals surface area contributed by atoms with Gasteiger partial charge >= 0.3 is 12.0 Å². The molecule has 5 nitrogen and oxygen atoms in total. The zero-order chi connectivity index (χ0) is 15.4. The third kappa shape index (κ3) is 3.97. The molecule has 0 fully saturated rings. The maximum atomic E-state index is 11.9. The Morgan fingerprint density at radius 1 is 1.10 bits per heavy atom. The molecule has 0 atom stereocenters. The van der Waals surface area contributed by atoms with Crippen LogP contribution in [0.15, 0.2) is 42.5 Å². The second-order valence-corrected chi connectivity index (χ2v) is 4.86. The second kappa shape index (κ2) is 6.28. The van der Waals surface area contributed by atoms with Crippen LogP contribution in [0.4, 0.5) is 16.2 Å². The summed E-state index contributed by atoms with van der Waals surface area (Å²) in [5, 5.41) is 14.7. The van der Waals surface area contributed by atoms with Crippen molar-refractivity contribution in [3.05, 3.63) is 58.6 Å². The summed E-state index contributed by atoms with van der Waals surface area (Å²) in [4.78, 5) is 22.8. The molecule has 0 bridgehead atoms. The molecular formula is C15H13ClN2O3. The molecule has 0 unspecified atom stereocenters. The summed E-state index contributed by atoms with van der Waals surface area (Å²) >= 11 is 5.83. The molecule has 0 aromatic heterocycles. The number of carbonyl (C=O) groups excluding carboxylic acids is 1. The summed E-state index contributed by atoms with van der Waals surface area (Å²) in [5.74, 6) is -1.05. The molecule has 0 aliphatic rings. The number of carbonyl (C=O) groups is 2. The van der Waals surface area contributed by atoms with E-state index in [9.17, 15) is 9.59 Å². The highest BCUT2D eigenvalue weighted by molar-refractivity contribution is 6.30. The fraction of sp³-hybridized carbons (Fsp3) is 0.0667. The number of carboxylic acid groups (broad SMARTS) is 1. The van der Waals surface area contributed by atoms with Gasteiger partial charge in [-0.2, -0.15) is 0 Å². The van der Waals surface area contributed by atoms with E-state index >= 15 is 0 Å². The van der Waals surface area contributed by atoms with Crippen molar-refractivity contribution in [2.75, 3.05) is 10.6 Å². The average molecular weight is 305 g/mol. The van der Waals surface area contributed by atoms with Gasteiger partial charge in [-0.05, 0) is 42.8 Å². The Kier molecular flexibility index (Phi) is 4.45. The van der Waals surface area contributed by atoms with E-state index in [1.165, 1.54) is 12.1 Å². The van der Waals surface area contributed by atoms with Crippen molar-refractivity contribution in [2.45, 2.75) is 6.92 Å². The van der Waals surface area contributed by atoms with Crippen molar-refractivity contribution in [3.8, 4) is 0 Å². The summed E-state index contributed by atoms with van der Waals surface area (Å²) in [6.45, 7) is 1.78. The highest BCUT2D eigenvalue weighted by Crippen LogP contribution is 2.18. The number of aromatic carboxylic acids is 1. The minimum atomic E-state index is -1.05. The third-order valence-corrected chi connectivity index (χ3v) is 3.05. The Morgan fingerprint density at radius 3 is 2.52 bits per heavy atom. The van der Waals surface area contributed by atoms with Gasteiger partial charge in [0.2, 0.25) is 0 Å². The number of anilines is 2.